The van der Waals surface area contributed by atoms with Crippen LogP contribution in [-0.2, 0) is 32.7 Å². The molecule has 0 aliphatic carbocycles. The van der Waals surface area contributed by atoms with Crippen molar-refractivity contribution < 1.29 is 42.1 Å². The Kier molecular flexibility index (Phi) is 56.5. The van der Waals surface area contributed by atoms with E-state index in [1.165, 1.54) is 51.4 Å². The Morgan fingerprint density at radius 3 is 1.07 bits per heavy atom. The molecule has 0 saturated heterocycles. The summed E-state index contributed by atoms with van der Waals surface area (Å²) in [6.07, 6.45) is 91.3. The molecule has 0 aromatic rings. The van der Waals surface area contributed by atoms with E-state index in [1.54, 1.807) is 0 Å². The van der Waals surface area contributed by atoms with Crippen LogP contribution in [0.4, 0.5) is 0 Å². The van der Waals surface area contributed by atoms with Crippen LogP contribution >= 0.6 is 7.82 Å². The first kappa shape index (κ1) is 76.4. The number of rotatable bonds is 55. The van der Waals surface area contributed by atoms with Crippen molar-refractivity contribution in [1.82, 2.24) is 0 Å². The third-order valence-electron chi connectivity index (χ3n) is 12.5. The van der Waals surface area contributed by atoms with Crippen molar-refractivity contribution in [2.75, 3.05) is 47.5 Å². The minimum Gasteiger partial charge on any atom is -0.756 e. The zero-order valence-corrected chi connectivity index (χ0v) is 52.5. The summed E-state index contributed by atoms with van der Waals surface area (Å²) < 4.78 is 34.1. The summed E-state index contributed by atoms with van der Waals surface area (Å²) in [6.45, 7) is 4.02. The van der Waals surface area contributed by atoms with E-state index in [1.807, 2.05) is 21.1 Å². The van der Waals surface area contributed by atoms with Crippen molar-refractivity contribution in [3.05, 3.63) is 170 Å². The molecule has 2 unspecified atom stereocenters. The molecule has 0 fully saturated rings. The third kappa shape index (κ3) is 64.4. The van der Waals surface area contributed by atoms with Crippen LogP contribution in [0.25, 0.3) is 0 Å². The van der Waals surface area contributed by atoms with Crippen LogP contribution in [-0.4, -0.2) is 70.0 Å². The third-order valence-corrected chi connectivity index (χ3v) is 13.4. The quantitative estimate of drug-likeness (QED) is 0.0195. The first-order chi connectivity index (χ1) is 39.5. The molecule has 0 rings (SSSR count). The van der Waals surface area contributed by atoms with E-state index in [0.29, 0.717) is 23.9 Å². The van der Waals surface area contributed by atoms with Crippen LogP contribution in [0.2, 0.25) is 0 Å². The first-order valence-electron chi connectivity index (χ1n) is 31.3. The number of phosphoric acid groups is 1. The second-order valence-corrected chi connectivity index (χ2v) is 22.7. The van der Waals surface area contributed by atoms with Gasteiger partial charge in [0.2, 0.25) is 0 Å². The lowest BCUT2D eigenvalue weighted by Gasteiger charge is -2.28. The van der Waals surface area contributed by atoms with E-state index in [-0.39, 0.29) is 26.1 Å². The van der Waals surface area contributed by atoms with E-state index < -0.39 is 32.5 Å². The van der Waals surface area contributed by atoms with Gasteiger partial charge in [0.1, 0.15) is 19.8 Å². The second kappa shape index (κ2) is 60.0. The predicted octanol–water partition coefficient (Wildman–Crippen LogP) is 19.6. The highest BCUT2D eigenvalue weighted by Crippen LogP contribution is 2.38. The van der Waals surface area contributed by atoms with Crippen molar-refractivity contribution in [2.24, 2.45) is 0 Å². The molecule has 0 aromatic heterocycles. The van der Waals surface area contributed by atoms with E-state index in [2.05, 4.69) is 184 Å². The molecule has 0 radical (unpaired) electrons. The van der Waals surface area contributed by atoms with E-state index in [4.69, 9.17) is 18.5 Å². The number of allylic oxidation sites excluding steroid dienone is 28. The largest absolute Gasteiger partial charge is 0.756 e. The number of ether oxygens (including phenoxy) is 2. The Hall–Kier alpha value is -4.63. The lowest BCUT2D eigenvalue weighted by Crippen LogP contribution is -2.37. The number of hydrogen-bond donors (Lipinski definition) is 0. The normalized spacial score (nSPS) is 14.4. The molecule has 0 N–H and O–H groups in total. The fraction of sp³-hybridized carbons (Fsp3) is 0.577. The van der Waals surface area contributed by atoms with E-state index in [0.717, 1.165) is 122 Å². The molecule has 2 atom stereocenters. The molecule has 9 nitrogen and oxygen atoms in total. The lowest BCUT2D eigenvalue weighted by molar-refractivity contribution is -0.870. The maximum absolute atomic E-state index is 12.8. The molecule has 0 heterocycles. The molecule has 0 saturated carbocycles. The van der Waals surface area contributed by atoms with Gasteiger partial charge in [0.05, 0.1) is 27.7 Å². The smallest absolute Gasteiger partial charge is 0.306 e. The molecular weight excluding hydrogens is 1030 g/mol. The summed E-state index contributed by atoms with van der Waals surface area (Å²) in [5.41, 5.74) is 0. The maximum atomic E-state index is 12.8. The molecule has 0 spiro atoms. The number of phosphoric ester groups is 1. The van der Waals surface area contributed by atoms with Gasteiger partial charge < -0.3 is 27.9 Å². The molecule has 0 aromatic carbocycles. The van der Waals surface area contributed by atoms with E-state index in [9.17, 15) is 19.0 Å². The average molecular weight is 1140 g/mol. The number of unbranched alkanes of at least 4 members (excludes halogenated alkanes) is 13. The number of esters is 2. The van der Waals surface area contributed by atoms with Gasteiger partial charge in [-0.25, -0.2) is 0 Å². The Morgan fingerprint density at radius 2 is 0.704 bits per heavy atom. The van der Waals surface area contributed by atoms with Gasteiger partial charge in [-0.3, -0.25) is 14.2 Å². The Bertz CT molecular complexity index is 1970. The van der Waals surface area contributed by atoms with Crippen LogP contribution < -0.4 is 4.89 Å². The van der Waals surface area contributed by atoms with Gasteiger partial charge in [0.15, 0.2) is 6.10 Å². The number of likely N-dealkylation sites (N-methyl/N-ethyl adjacent to an activating group) is 1. The highest BCUT2D eigenvalue weighted by atomic mass is 31.2. The summed E-state index contributed by atoms with van der Waals surface area (Å²) in [5.74, 6) is -0.907. The highest BCUT2D eigenvalue weighted by molar-refractivity contribution is 7.45. The Morgan fingerprint density at radius 1 is 0.395 bits per heavy atom. The summed E-state index contributed by atoms with van der Waals surface area (Å²) in [5, 5.41) is 0. The van der Waals surface area contributed by atoms with Gasteiger partial charge in [0.25, 0.3) is 7.82 Å². The summed E-state index contributed by atoms with van der Waals surface area (Å²) >= 11 is 0. The first-order valence-corrected chi connectivity index (χ1v) is 32.8. The second-order valence-electron chi connectivity index (χ2n) is 21.3. The summed E-state index contributed by atoms with van der Waals surface area (Å²) in [4.78, 5) is 37.9. The topological polar surface area (TPSA) is 111 Å². The minimum atomic E-state index is -4.66. The van der Waals surface area contributed by atoms with Crippen molar-refractivity contribution >= 4 is 19.8 Å². The predicted molar refractivity (Wildman–Crippen MR) is 346 cm³/mol. The van der Waals surface area contributed by atoms with Gasteiger partial charge in [-0.15, -0.1) is 0 Å². The average Bonchev–Trinajstić information content (AvgIpc) is 3.43. The molecule has 456 valence electrons. The van der Waals surface area contributed by atoms with Crippen molar-refractivity contribution in [3.8, 4) is 0 Å². The fourth-order valence-electron chi connectivity index (χ4n) is 7.67. The van der Waals surface area contributed by atoms with Crippen molar-refractivity contribution in [2.45, 2.75) is 219 Å². The zero-order valence-electron chi connectivity index (χ0n) is 51.7. The van der Waals surface area contributed by atoms with Crippen molar-refractivity contribution in [3.63, 3.8) is 0 Å². The number of carbonyl (C=O) groups excluding carboxylic acids is 2. The Balaban J connectivity index is 4.26. The van der Waals surface area contributed by atoms with Gasteiger partial charge in [-0.05, 0) is 135 Å². The van der Waals surface area contributed by atoms with Crippen LogP contribution in [0, 0.1) is 0 Å². The fourth-order valence-corrected chi connectivity index (χ4v) is 8.39. The lowest BCUT2D eigenvalue weighted by atomic mass is 10.1. The van der Waals surface area contributed by atoms with Crippen molar-refractivity contribution in [1.29, 1.82) is 0 Å². The van der Waals surface area contributed by atoms with Gasteiger partial charge in [0, 0.05) is 12.8 Å². The Labute approximate surface area is 496 Å². The standard InChI is InChI=1S/C71H114NO8P/c1-6-8-10-12-14-16-18-20-22-24-26-27-28-29-30-31-32-33-34-35-36-37-38-39-40-41-42-43-44-45-46-48-50-52-54-56-58-60-62-64-71(74)80-69(68-79-81(75,76)78-66-65-72(3,4)5)67-77-70(73)63-61-59-57-55-53-51-49-47-25-23-21-19-17-15-13-11-9-7-2/h8,10,14,16-17,19-20,22-23,25-27,29-30,32-33,35-36,38-39,41-42,44-45,48,50,54,56,69H,6-7,9,11-13,15,18,21,24,28,31,34,37,40,43,46-47,49,51-53,55,57-68H2,1-5H3/b10-8-,16-14-,19-17-,22-20-,25-23-,27-26-,30-29-,33-32-,36-35-,39-38-,42-41-,45-44-,50-48-,56-54-. The van der Waals surface area contributed by atoms with E-state index >= 15 is 0 Å². The van der Waals surface area contributed by atoms with Gasteiger partial charge in [-0.2, -0.15) is 0 Å². The number of nitrogens with zero attached hydrogens (tertiary/aromatic N) is 1. The molecule has 0 bridgehead atoms. The van der Waals surface area contributed by atoms with Crippen LogP contribution in [0.1, 0.15) is 213 Å². The monoisotopic (exact) mass is 1140 g/mol. The maximum Gasteiger partial charge on any atom is 0.306 e. The van der Waals surface area contributed by atoms with Gasteiger partial charge in [-0.1, -0.05) is 235 Å². The van der Waals surface area contributed by atoms with Crippen LogP contribution in [0.5, 0.6) is 0 Å². The van der Waals surface area contributed by atoms with Crippen LogP contribution in [0.15, 0.2) is 170 Å². The van der Waals surface area contributed by atoms with Crippen LogP contribution in [0.3, 0.4) is 0 Å². The molecule has 0 aliphatic rings. The minimum absolute atomic E-state index is 0.0502. The molecule has 81 heavy (non-hydrogen) atoms. The molecular formula is C71H114NO8P. The molecule has 0 amide bonds. The number of quaternary nitrogens is 1. The highest BCUT2D eigenvalue weighted by Gasteiger charge is 2.21. The summed E-state index contributed by atoms with van der Waals surface area (Å²) in [6, 6.07) is 0. The SMILES string of the molecule is CC/C=C\C/C=C\C/C=C\C/C=C\C/C=C\C/C=C\C/C=C\C/C=C\C/C=C\C/C=C\C/C=C\C/C=C\CCCCC(=O)OC(COC(=O)CCCCCCCCC/C=C\C/C=C\CCCCCC)COP(=O)([O-])OCC[N+](C)(C)C. The summed E-state index contributed by atoms with van der Waals surface area (Å²) in [7, 11) is 1.11. The molecule has 10 heteroatoms. The van der Waals surface area contributed by atoms with Gasteiger partial charge >= 0.3 is 11.9 Å². The zero-order chi connectivity index (χ0) is 59.1. The molecule has 0 aliphatic heterocycles. The number of hydrogen-bond acceptors (Lipinski definition) is 8. The number of carbonyl (C=O) groups is 2.